The largest absolute Gasteiger partial charge is 0.477 e. The number of nitrogens with one attached hydrogen (secondary N) is 1. The van der Waals surface area contributed by atoms with Crippen molar-refractivity contribution in [1.82, 2.24) is 10.2 Å². The van der Waals surface area contributed by atoms with Gasteiger partial charge in [0.1, 0.15) is 23.7 Å². The molecular weight excluding hydrogens is 434 g/mol. The molecule has 0 radical (unpaired) electrons. The average Bonchev–Trinajstić information content (AvgIpc) is 2.65. The third-order valence-corrected chi connectivity index (χ3v) is 5.89. The molecule has 29 heavy (non-hydrogen) atoms. The van der Waals surface area contributed by atoms with Crippen LogP contribution in [-0.2, 0) is 19.1 Å². The van der Waals surface area contributed by atoms with Crippen LogP contribution in [0, 0.1) is 11.6 Å². The lowest BCUT2D eigenvalue weighted by atomic mass is 10.0. The first-order valence-electron chi connectivity index (χ1n) is 8.10. The second-order valence-corrected chi connectivity index (χ2v) is 7.66. The van der Waals surface area contributed by atoms with Crippen LogP contribution in [0.2, 0.25) is 5.02 Å². The van der Waals surface area contributed by atoms with E-state index in [1.165, 1.54) is 6.92 Å². The predicted molar refractivity (Wildman–Crippen MR) is 97.0 cm³/mol. The second kappa shape index (κ2) is 7.99. The van der Waals surface area contributed by atoms with Gasteiger partial charge in [-0.1, -0.05) is 11.6 Å². The third kappa shape index (κ3) is 3.92. The summed E-state index contributed by atoms with van der Waals surface area (Å²) in [5.74, 6) is -5.93. The van der Waals surface area contributed by atoms with Crippen LogP contribution in [0.25, 0.3) is 0 Å². The number of benzene rings is 1. The van der Waals surface area contributed by atoms with E-state index in [2.05, 4.69) is 5.32 Å². The molecule has 0 bridgehead atoms. The zero-order valence-corrected chi connectivity index (χ0v) is 16.3. The average molecular weight is 447 g/mol. The highest BCUT2D eigenvalue weighted by Gasteiger charge is 2.54. The van der Waals surface area contributed by atoms with E-state index >= 15 is 0 Å². The molecule has 2 amide bonds. The van der Waals surface area contributed by atoms with E-state index in [0.717, 1.165) is 16.7 Å². The van der Waals surface area contributed by atoms with Gasteiger partial charge in [-0.15, -0.1) is 11.8 Å². The highest BCUT2D eigenvalue weighted by atomic mass is 35.5. The number of carbonyl (C=O) groups excluding carboxylic acids is 3. The minimum absolute atomic E-state index is 0.154. The lowest BCUT2D eigenvalue weighted by molar-refractivity contribution is -0.149. The number of rotatable bonds is 5. The number of carbonyl (C=O) groups is 4. The number of hydrogen-bond acceptors (Lipinski definition) is 6. The molecule has 2 aliphatic rings. The molecule has 154 valence electrons. The summed E-state index contributed by atoms with van der Waals surface area (Å²) in [5.41, 5.74) is -0.422. The highest BCUT2D eigenvalue weighted by molar-refractivity contribution is 8.00. The fraction of sp³-hybridized carbons (Fsp3) is 0.294. The smallest absolute Gasteiger partial charge is 0.352 e. The molecule has 2 N–H and O–H groups in total. The van der Waals surface area contributed by atoms with Crippen LogP contribution < -0.4 is 5.32 Å². The Labute approximate surface area is 171 Å². The number of carboxylic acid groups (broad SMARTS) is 1. The quantitative estimate of drug-likeness (QED) is 0.400. The molecule has 1 fully saturated rings. The van der Waals surface area contributed by atoms with Crippen LogP contribution in [0.15, 0.2) is 23.4 Å². The first-order valence-corrected chi connectivity index (χ1v) is 9.53. The van der Waals surface area contributed by atoms with Gasteiger partial charge < -0.3 is 15.2 Å². The summed E-state index contributed by atoms with van der Waals surface area (Å²) < 4.78 is 31.4. The van der Waals surface area contributed by atoms with E-state index in [0.29, 0.717) is 12.1 Å². The van der Waals surface area contributed by atoms with Crippen molar-refractivity contribution in [3.8, 4) is 0 Å². The number of amides is 2. The molecule has 2 atom stereocenters. The normalized spacial score (nSPS) is 20.7. The summed E-state index contributed by atoms with van der Waals surface area (Å²) in [4.78, 5) is 48.5. The summed E-state index contributed by atoms with van der Waals surface area (Å²) >= 11 is 6.93. The molecular formula is C17H13ClF2N2O6S. The van der Waals surface area contributed by atoms with E-state index in [9.17, 15) is 33.1 Å². The number of fused-ring (bicyclic) bond motifs is 1. The number of ether oxygens (including phenoxy) is 1. The van der Waals surface area contributed by atoms with Crippen LogP contribution in [0.1, 0.15) is 17.3 Å². The van der Waals surface area contributed by atoms with Gasteiger partial charge in [-0.25, -0.2) is 13.6 Å². The van der Waals surface area contributed by atoms with Crippen molar-refractivity contribution in [3.05, 3.63) is 45.6 Å². The second-order valence-electron chi connectivity index (χ2n) is 6.14. The number of β-lactam (4-membered cyclic amide) rings is 1. The monoisotopic (exact) mass is 446 g/mol. The van der Waals surface area contributed by atoms with E-state index in [4.69, 9.17) is 16.3 Å². The van der Waals surface area contributed by atoms with E-state index in [-0.39, 0.29) is 34.2 Å². The number of carboxylic acids is 1. The minimum atomic E-state index is -1.38. The Hall–Kier alpha value is -2.66. The van der Waals surface area contributed by atoms with Gasteiger partial charge in [0.25, 0.3) is 11.8 Å². The molecule has 2 aliphatic heterocycles. The van der Waals surface area contributed by atoms with Crippen LogP contribution in [0.5, 0.6) is 0 Å². The maximum absolute atomic E-state index is 13.4. The van der Waals surface area contributed by atoms with Crippen LogP contribution in [0.3, 0.4) is 0 Å². The number of aliphatic carboxylic acids is 1. The van der Waals surface area contributed by atoms with Crippen molar-refractivity contribution in [1.29, 1.82) is 0 Å². The Bertz CT molecular complexity index is 969. The molecule has 0 spiro atoms. The molecule has 0 aliphatic carbocycles. The molecule has 3 rings (SSSR count). The van der Waals surface area contributed by atoms with Gasteiger partial charge in [0, 0.05) is 18.2 Å². The molecule has 1 saturated heterocycles. The highest BCUT2D eigenvalue weighted by Crippen LogP contribution is 2.40. The zero-order chi connectivity index (χ0) is 21.5. The Morgan fingerprint density at radius 3 is 2.62 bits per heavy atom. The van der Waals surface area contributed by atoms with Crippen LogP contribution in [0.4, 0.5) is 8.78 Å². The number of hydrogen-bond donors (Lipinski definition) is 2. The van der Waals surface area contributed by atoms with E-state index in [1.54, 1.807) is 0 Å². The van der Waals surface area contributed by atoms with Gasteiger partial charge in [0.2, 0.25) is 0 Å². The Morgan fingerprint density at radius 1 is 1.34 bits per heavy atom. The lowest BCUT2D eigenvalue weighted by Crippen LogP contribution is -2.70. The minimum Gasteiger partial charge on any atom is -0.477 e. The molecule has 2 heterocycles. The van der Waals surface area contributed by atoms with Crippen LogP contribution in [-0.4, -0.2) is 57.5 Å². The van der Waals surface area contributed by atoms with Crippen molar-refractivity contribution in [3.63, 3.8) is 0 Å². The van der Waals surface area contributed by atoms with E-state index in [1.807, 2.05) is 0 Å². The molecule has 2 unspecified atom stereocenters. The summed E-state index contributed by atoms with van der Waals surface area (Å²) in [5, 5.41) is 10.8. The standard InChI is InChI=1S/C17H13ClF2N2O6S/c1-6(23)28-4-7-5-29-16-12(15(25)22(16)13(7)17(26)27)21-14(24)8-2-10(19)11(20)3-9(8)18/h2-3,12,16H,4-5H2,1H3,(H,21,24)(H,26,27). The molecule has 1 aromatic rings. The summed E-state index contributed by atoms with van der Waals surface area (Å²) in [6.45, 7) is 0.894. The topological polar surface area (TPSA) is 113 Å². The predicted octanol–water partition coefficient (Wildman–Crippen LogP) is 1.53. The van der Waals surface area contributed by atoms with Gasteiger partial charge >= 0.3 is 11.9 Å². The summed E-state index contributed by atoms with van der Waals surface area (Å²) in [7, 11) is 0. The summed E-state index contributed by atoms with van der Waals surface area (Å²) in [6, 6.07) is 0.172. The van der Waals surface area contributed by atoms with Gasteiger partial charge in [-0.2, -0.15) is 0 Å². The first-order chi connectivity index (χ1) is 13.6. The number of thioether (sulfide) groups is 1. The number of halogens is 3. The molecule has 1 aromatic carbocycles. The van der Waals surface area contributed by atoms with Crippen molar-refractivity contribution in [2.24, 2.45) is 0 Å². The van der Waals surface area contributed by atoms with Crippen molar-refractivity contribution < 1.29 is 37.8 Å². The number of nitrogens with zero attached hydrogens (tertiary/aromatic N) is 1. The van der Waals surface area contributed by atoms with Gasteiger partial charge in [0.15, 0.2) is 11.6 Å². The van der Waals surface area contributed by atoms with Crippen molar-refractivity contribution in [2.45, 2.75) is 18.3 Å². The van der Waals surface area contributed by atoms with E-state index < -0.39 is 46.8 Å². The van der Waals surface area contributed by atoms with Crippen LogP contribution >= 0.6 is 23.4 Å². The van der Waals surface area contributed by atoms with Gasteiger partial charge in [-0.05, 0) is 12.1 Å². The van der Waals surface area contributed by atoms with Crippen molar-refractivity contribution in [2.75, 3.05) is 12.4 Å². The Kier molecular flexibility index (Phi) is 5.80. The third-order valence-electron chi connectivity index (χ3n) is 4.24. The Balaban J connectivity index is 1.79. The fourth-order valence-electron chi connectivity index (χ4n) is 2.90. The SMILES string of the molecule is CC(=O)OCC1=C(C(=O)O)N2C(=O)C(NC(=O)c3cc(F)c(F)cc3Cl)C2SC1. The fourth-order valence-corrected chi connectivity index (χ4v) is 4.46. The maximum atomic E-state index is 13.4. The maximum Gasteiger partial charge on any atom is 0.352 e. The lowest BCUT2D eigenvalue weighted by Gasteiger charge is -2.49. The van der Waals surface area contributed by atoms with Gasteiger partial charge in [0.05, 0.1) is 10.6 Å². The van der Waals surface area contributed by atoms with Gasteiger partial charge in [-0.3, -0.25) is 19.3 Å². The molecule has 0 aromatic heterocycles. The first kappa shape index (κ1) is 21.1. The summed E-state index contributed by atoms with van der Waals surface area (Å²) in [6.07, 6.45) is 0. The molecule has 8 nitrogen and oxygen atoms in total. The molecule has 0 saturated carbocycles. The zero-order valence-electron chi connectivity index (χ0n) is 14.7. The number of esters is 1. The molecule has 12 heteroatoms. The van der Waals surface area contributed by atoms with Crippen molar-refractivity contribution >= 4 is 47.1 Å². The Morgan fingerprint density at radius 2 is 2.00 bits per heavy atom.